The number of benzene rings is 4. The lowest BCUT2D eigenvalue weighted by atomic mass is 10.1. The molecule has 0 bridgehead atoms. The SMILES string of the molecule is CCC(Oc1ccc(-c2ccccc2)cc1)C(=O)Nc1cccc(C(=O)NC(C)c2ccccc2)c1. The summed E-state index contributed by atoms with van der Waals surface area (Å²) in [5.41, 5.74) is 4.24. The molecule has 2 amide bonds. The second-order valence-electron chi connectivity index (χ2n) is 8.58. The first-order chi connectivity index (χ1) is 17.5. The third kappa shape index (κ3) is 6.39. The first kappa shape index (κ1) is 24.7. The van der Waals surface area contributed by atoms with Crippen molar-refractivity contribution in [3.8, 4) is 16.9 Å². The fourth-order valence-corrected chi connectivity index (χ4v) is 3.91. The number of nitrogens with one attached hydrogen (secondary N) is 2. The van der Waals surface area contributed by atoms with Crippen molar-refractivity contribution in [3.63, 3.8) is 0 Å². The number of hydrogen-bond acceptors (Lipinski definition) is 3. The van der Waals surface area contributed by atoms with Gasteiger partial charge in [-0.2, -0.15) is 0 Å². The predicted octanol–water partition coefficient (Wildman–Crippen LogP) is 6.64. The Morgan fingerprint density at radius 3 is 2.08 bits per heavy atom. The number of carbonyl (C=O) groups excluding carboxylic acids is 2. The van der Waals surface area contributed by atoms with Crippen molar-refractivity contribution in [1.82, 2.24) is 5.32 Å². The first-order valence-electron chi connectivity index (χ1n) is 12.1. The molecule has 4 aromatic rings. The topological polar surface area (TPSA) is 67.4 Å². The third-order valence-corrected chi connectivity index (χ3v) is 5.94. The number of ether oxygens (including phenoxy) is 1. The highest BCUT2D eigenvalue weighted by Crippen LogP contribution is 2.23. The van der Waals surface area contributed by atoms with Crippen LogP contribution in [0, 0.1) is 0 Å². The van der Waals surface area contributed by atoms with Gasteiger partial charge < -0.3 is 15.4 Å². The van der Waals surface area contributed by atoms with E-state index in [2.05, 4.69) is 22.8 Å². The van der Waals surface area contributed by atoms with Gasteiger partial charge in [0.2, 0.25) is 0 Å². The molecule has 0 saturated carbocycles. The van der Waals surface area contributed by atoms with Crippen LogP contribution in [0.5, 0.6) is 5.75 Å². The fourth-order valence-electron chi connectivity index (χ4n) is 3.91. The van der Waals surface area contributed by atoms with E-state index in [0.717, 1.165) is 16.7 Å². The number of carbonyl (C=O) groups is 2. The van der Waals surface area contributed by atoms with Gasteiger partial charge in [0.15, 0.2) is 6.10 Å². The second kappa shape index (κ2) is 11.8. The highest BCUT2D eigenvalue weighted by Gasteiger charge is 2.19. The van der Waals surface area contributed by atoms with Crippen LogP contribution < -0.4 is 15.4 Å². The van der Waals surface area contributed by atoms with Crippen LogP contribution in [0.1, 0.15) is 42.2 Å². The molecule has 0 aromatic heterocycles. The maximum Gasteiger partial charge on any atom is 0.265 e. The van der Waals surface area contributed by atoms with Crippen LogP contribution in [-0.2, 0) is 4.79 Å². The summed E-state index contributed by atoms with van der Waals surface area (Å²) in [6.07, 6.45) is -0.163. The van der Waals surface area contributed by atoms with Gasteiger partial charge in [0.1, 0.15) is 5.75 Å². The van der Waals surface area contributed by atoms with E-state index in [1.165, 1.54) is 0 Å². The van der Waals surface area contributed by atoms with Gasteiger partial charge in [0.25, 0.3) is 11.8 Å². The second-order valence-corrected chi connectivity index (χ2v) is 8.58. The van der Waals surface area contributed by atoms with Gasteiger partial charge in [-0.15, -0.1) is 0 Å². The zero-order chi connectivity index (χ0) is 25.3. The van der Waals surface area contributed by atoms with Crippen LogP contribution in [0.4, 0.5) is 5.69 Å². The van der Waals surface area contributed by atoms with Crippen molar-refractivity contribution in [2.75, 3.05) is 5.32 Å². The molecule has 4 aromatic carbocycles. The van der Waals surface area contributed by atoms with Crippen molar-refractivity contribution in [2.45, 2.75) is 32.4 Å². The van der Waals surface area contributed by atoms with E-state index in [1.807, 2.05) is 86.6 Å². The molecule has 4 rings (SSSR count). The Labute approximate surface area is 212 Å². The number of anilines is 1. The summed E-state index contributed by atoms with van der Waals surface area (Å²) < 4.78 is 5.98. The van der Waals surface area contributed by atoms with E-state index in [1.54, 1.807) is 24.3 Å². The molecule has 2 unspecified atom stereocenters. The van der Waals surface area contributed by atoms with Crippen LogP contribution in [0.3, 0.4) is 0 Å². The quantitative estimate of drug-likeness (QED) is 0.283. The molecule has 5 heteroatoms. The minimum absolute atomic E-state index is 0.136. The maximum absolute atomic E-state index is 12.9. The van der Waals surface area contributed by atoms with Crippen LogP contribution in [-0.4, -0.2) is 17.9 Å². The highest BCUT2D eigenvalue weighted by molar-refractivity contribution is 5.98. The minimum Gasteiger partial charge on any atom is -0.481 e. The molecule has 36 heavy (non-hydrogen) atoms. The van der Waals surface area contributed by atoms with E-state index in [0.29, 0.717) is 23.4 Å². The van der Waals surface area contributed by atoms with Gasteiger partial charge in [-0.05, 0) is 60.4 Å². The molecule has 0 saturated heterocycles. The van der Waals surface area contributed by atoms with E-state index in [4.69, 9.17) is 4.74 Å². The summed E-state index contributed by atoms with van der Waals surface area (Å²) in [6.45, 7) is 3.84. The Morgan fingerprint density at radius 2 is 1.42 bits per heavy atom. The van der Waals surface area contributed by atoms with E-state index >= 15 is 0 Å². The monoisotopic (exact) mass is 478 g/mol. The number of hydrogen-bond donors (Lipinski definition) is 2. The molecule has 0 heterocycles. The summed E-state index contributed by atoms with van der Waals surface area (Å²) in [4.78, 5) is 25.7. The van der Waals surface area contributed by atoms with E-state index in [-0.39, 0.29) is 17.9 Å². The standard InChI is InChI=1S/C31H30N2O3/c1-3-29(36-28-19-17-25(18-20-28)24-13-8-5-9-14-24)31(35)33-27-16-10-15-26(21-27)30(34)32-22(2)23-11-6-4-7-12-23/h4-22,29H,3H2,1-2H3,(H,32,34)(H,33,35). The molecule has 0 aliphatic carbocycles. The minimum atomic E-state index is -0.664. The molecule has 0 radical (unpaired) electrons. The lowest BCUT2D eigenvalue weighted by molar-refractivity contribution is -0.122. The molecular formula is C31H30N2O3. The fraction of sp³-hybridized carbons (Fsp3) is 0.161. The Bertz CT molecular complexity index is 1290. The molecule has 2 N–H and O–H groups in total. The Morgan fingerprint density at radius 1 is 0.778 bits per heavy atom. The Hall–Kier alpha value is -4.38. The van der Waals surface area contributed by atoms with Gasteiger partial charge >= 0.3 is 0 Å². The van der Waals surface area contributed by atoms with Crippen molar-refractivity contribution in [2.24, 2.45) is 0 Å². The van der Waals surface area contributed by atoms with E-state index < -0.39 is 6.10 Å². The molecular weight excluding hydrogens is 448 g/mol. The summed E-state index contributed by atoms with van der Waals surface area (Å²) in [5, 5.41) is 5.89. The zero-order valence-electron chi connectivity index (χ0n) is 20.5. The average molecular weight is 479 g/mol. The largest absolute Gasteiger partial charge is 0.481 e. The van der Waals surface area contributed by atoms with Crippen molar-refractivity contribution in [1.29, 1.82) is 0 Å². The van der Waals surface area contributed by atoms with Crippen molar-refractivity contribution < 1.29 is 14.3 Å². The lowest BCUT2D eigenvalue weighted by Crippen LogP contribution is -2.32. The van der Waals surface area contributed by atoms with Crippen LogP contribution in [0.15, 0.2) is 109 Å². The van der Waals surface area contributed by atoms with Crippen molar-refractivity contribution in [3.05, 3.63) is 120 Å². The van der Waals surface area contributed by atoms with Crippen LogP contribution in [0.2, 0.25) is 0 Å². The van der Waals surface area contributed by atoms with Gasteiger partial charge in [-0.1, -0.05) is 85.8 Å². The summed E-state index contributed by atoms with van der Waals surface area (Å²) >= 11 is 0. The number of rotatable bonds is 9. The predicted molar refractivity (Wildman–Crippen MR) is 144 cm³/mol. The molecule has 182 valence electrons. The lowest BCUT2D eigenvalue weighted by Gasteiger charge is -2.18. The molecule has 0 aliphatic rings. The summed E-state index contributed by atoms with van der Waals surface area (Å²) in [6, 6.07) is 34.3. The third-order valence-electron chi connectivity index (χ3n) is 5.94. The van der Waals surface area contributed by atoms with Gasteiger partial charge in [0, 0.05) is 11.3 Å². The normalized spacial score (nSPS) is 12.3. The van der Waals surface area contributed by atoms with Crippen LogP contribution >= 0.6 is 0 Å². The Balaban J connectivity index is 1.37. The van der Waals surface area contributed by atoms with Gasteiger partial charge in [0.05, 0.1) is 6.04 Å². The molecule has 0 aliphatic heterocycles. The molecule has 0 fully saturated rings. The average Bonchev–Trinajstić information content (AvgIpc) is 2.93. The van der Waals surface area contributed by atoms with E-state index in [9.17, 15) is 9.59 Å². The zero-order valence-corrected chi connectivity index (χ0v) is 20.5. The summed E-state index contributed by atoms with van der Waals surface area (Å²) in [7, 11) is 0. The summed E-state index contributed by atoms with van der Waals surface area (Å²) in [5.74, 6) is 0.156. The highest BCUT2D eigenvalue weighted by atomic mass is 16.5. The smallest absolute Gasteiger partial charge is 0.265 e. The van der Waals surface area contributed by atoms with Gasteiger partial charge in [-0.25, -0.2) is 0 Å². The molecule has 5 nitrogen and oxygen atoms in total. The van der Waals surface area contributed by atoms with Gasteiger partial charge in [-0.3, -0.25) is 9.59 Å². The van der Waals surface area contributed by atoms with Crippen LogP contribution in [0.25, 0.3) is 11.1 Å². The molecule has 2 atom stereocenters. The first-order valence-corrected chi connectivity index (χ1v) is 12.1. The Kier molecular flexibility index (Phi) is 8.14. The maximum atomic E-state index is 12.9. The number of amides is 2. The van der Waals surface area contributed by atoms with Crippen molar-refractivity contribution >= 4 is 17.5 Å². The molecule has 0 spiro atoms.